The summed E-state index contributed by atoms with van der Waals surface area (Å²) in [6.45, 7) is 2.61. The molecule has 1 aromatic carbocycles. The second-order valence-electron chi connectivity index (χ2n) is 10.1. The maximum atomic E-state index is 14.1. The maximum Gasteiger partial charge on any atom is 0.296 e. The molecule has 0 amide bonds. The van der Waals surface area contributed by atoms with Gasteiger partial charge in [-0.1, -0.05) is 12.1 Å². The number of nitrogens with zero attached hydrogens (tertiary/aromatic N) is 6. The summed E-state index contributed by atoms with van der Waals surface area (Å²) in [6.07, 6.45) is 0.825. The molecule has 0 atom stereocenters. The number of nitrogens with one attached hydrogen (secondary N) is 1. The number of benzene rings is 1. The number of fused-ring (bicyclic) bond motifs is 1. The first-order valence-electron chi connectivity index (χ1n) is 13.6. The third kappa shape index (κ3) is 6.43. The fourth-order valence-electron chi connectivity index (χ4n) is 5.65. The standard InChI is InChI=1S/C27H35F4N7O/c28-9-11-36(12-10-29)20-7-5-19(6-8-20)18-32-27-34-23(37-13-15-39-16-14-37)17-24(35-27)38-22-4-2-1-3-21(22)33-26(38)25(30)31/h1-4,17,19-20,25H,5-16,18H2,(H,32,34,35)/t19-,20-. The Labute approximate surface area is 225 Å². The molecule has 0 spiro atoms. The minimum absolute atomic E-state index is 0.197. The van der Waals surface area contributed by atoms with Gasteiger partial charge in [0.05, 0.1) is 24.2 Å². The molecular weight excluding hydrogens is 514 g/mol. The van der Waals surface area contributed by atoms with E-state index in [9.17, 15) is 17.6 Å². The molecule has 0 bridgehead atoms. The number of anilines is 2. The number of halogens is 4. The SMILES string of the molecule is FCCN(CCF)[C@H]1CC[C@H](CNc2nc(N3CCOCC3)cc(-n3c(C(F)F)nc4ccccc43)n2)CC1. The first-order chi connectivity index (χ1) is 19.1. The van der Waals surface area contributed by atoms with Crippen molar-refractivity contribution in [1.29, 1.82) is 0 Å². The van der Waals surface area contributed by atoms with Gasteiger partial charge in [0.15, 0.2) is 5.82 Å². The second kappa shape index (κ2) is 12.9. The maximum absolute atomic E-state index is 14.1. The van der Waals surface area contributed by atoms with Crippen molar-refractivity contribution in [3.05, 3.63) is 36.2 Å². The van der Waals surface area contributed by atoms with Crippen LogP contribution in [0, 0.1) is 5.92 Å². The Kier molecular flexibility index (Phi) is 9.13. The van der Waals surface area contributed by atoms with E-state index in [1.807, 2.05) is 4.90 Å². The molecule has 3 heterocycles. The van der Waals surface area contributed by atoms with Crippen LogP contribution >= 0.6 is 0 Å². The van der Waals surface area contributed by atoms with E-state index in [0.29, 0.717) is 67.4 Å². The average molecular weight is 550 g/mol. The van der Waals surface area contributed by atoms with Gasteiger partial charge < -0.3 is 15.0 Å². The molecule has 212 valence electrons. The zero-order chi connectivity index (χ0) is 27.2. The van der Waals surface area contributed by atoms with Crippen LogP contribution < -0.4 is 10.2 Å². The molecule has 3 aromatic rings. The monoisotopic (exact) mass is 549 g/mol. The number of alkyl halides is 4. The summed E-state index contributed by atoms with van der Waals surface area (Å²) in [7, 11) is 0. The molecule has 2 aliphatic rings. The number of para-hydroxylation sites is 2. The highest BCUT2D eigenvalue weighted by atomic mass is 19.3. The number of morpholine rings is 1. The third-order valence-corrected chi connectivity index (χ3v) is 7.67. The van der Waals surface area contributed by atoms with E-state index in [4.69, 9.17) is 9.72 Å². The van der Waals surface area contributed by atoms with Crippen molar-refractivity contribution in [3.63, 3.8) is 0 Å². The quantitative estimate of drug-likeness (QED) is 0.345. The number of rotatable bonds is 11. The van der Waals surface area contributed by atoms with Crippen LogP contribution in [0.3, 0.4) is 0 Å². The van der Waals surface area contributed by atoms with Gasteiger partial charge in [0.2, 0.25) is 5.95 Å². The molecule has 0 unspecified atom stereocenters. The Morgan fingerprint density at radius 3 is 2.33 bits per heavy atom. The van der Waals surface area contributed by atoms with Crippen molar-refractivity contribution in [3.8, 4) is 5.82 Å². The van der Waals surface area contributed by atoms with Gasteiger partial charge >= 0.3 is 0 Å². The lowest BCUT2D eigenvalue weighted by atomic mass is 9.85. The molecule has 1 saturated carbocycles. The Morgan fingerprint density at radius 1 is 0.949 bits per heavy atom. The van der Waals surface area contributed by atoms with Gasteiger partial charge in [-0.05, 0) is 43.7 Å². The van der Waals surface area contributed by atoms with Crippen LogP contribution in [0.4, 0.5) is 29.3 Å². The predicted molar refractivity (Wildman–Crippen MR) is 142 cm³/mol. The van der Waals surface area contributed by atoms with E-state index < -0.39 is 19.8 Å². The molecule has 1 saturated heterocycles. The Balaban J connectivity index is 1.37. The van der Waals surface area contributed by atoms with Crippen LogP contribution in [-0.4, -0.2) is 89.7 Å². The van der Waals surface area contributed by atoms with Gasteiger partial charge in [-0.3, -0.25) is 9.47 Å². The van der Waals surface area contributed by atoms with Crippen molar-refractivity contribution >= 4 is 22.8 Å². The molecule has 5 rings (SSSR count). The lowest BCUT2D eigenvalue weighted by Gasteiger charge is -2.36. The average Bonchev–Trinajstić information content (AvgIpc) is 3.37. The van der Waals surface area contributed by atoms with Crippen molar-refractivity contribution in [2.45, 2.75) is 38.2 Å². The highest BCUT2D eigenvalue weighted by Crippen LogP contribution is 2.31. The molecule has 0 radical (unpaired) electrons. The van der Waals surface area contributed by atoms with E-state index in [2.05, 4.69) is 20.2 Å². The van der Waals surface area contributed by atoms with Crippen LogP contribution in [0.5, 0.6) is 0 Å². The van der Waals surface area contributed by atoms with Crippen molar-refractivity contribution in [2.24, 2.45) is 5.92 Å². The summed E-state index contributed by atoms with van der Waals surface area (Å²) in [4.78, 5) is 17.5. The summed E-state index contributed by atoms with van der Waals surface area (Å²) in [5.74, 6) is 1.32. The van der Waals surface area contributed by atoms with Crippen LogP contribution in [0.2, 0.25) is 0 Å². The Bertz CT molecular complexity index is 1210. The summed E-state index contributed by atoms with van der Waals surface area (Å²) >= 11 is 0. The highest BCUT2D eigenvalue weighted by Gasteiger charge is 2.27. The third-order valence-electron chi connectivity index (χ3n) is 7.67. The zero-order valence-electron chi connectivity index (χ0n) is 21.9. The van der Waals surface area contributed by atoms with E-state index in [1.54, 1.807) is 30.3 Å². The second-order valence-corrected chi connectivity index (χ2v) is 10.1. The van der Waals surface area contributed by atoms with Gasteiger partial charge in [-0.15, -0.1) is 0 Å². The molecule has 1 aliphatic heterocycles. The van der Waals surface area contributed by atoms with E-state index in [1.165, 1.54) is 4.57 Å². The molecule has 8 nitrogen and oxygen atoms in total. The smallest absolute Gasteiger partial charge is 0.296 e. The van der Waals surface area contributed by atoms with Gasteiger partial charge in [-0.25, -0.2) is 22.5 Å². The van der Waals surface area contributed by atoms with Crippen molar-refractivity contribution in [2.75, 3.05) is 69.5 Å². The van der Waals surface area contributed by atoms with E-state index in [-0.39, 0.29) is 25.0 Å². The van der Waals surface area contributed by atoms with Crippen molar-refractivity contribution < 1.29 is 22.3 Å². The fourth-order valence-corrected chi connectivity index (χ4v) is 5.65. The first-order valence-corrected chi connectivity index (χ1v) is 13.6. The number of ether oxygens (including phenoxy) is 1. The lowest BCUT2D eigenvalue weighted by molar-refractivity contribution is 0.121. The molecule has 39 heavy (non-hydrogen) atoms. The largest absolute Gasteiger partial charge is 0.378 e. The van der Waals surface area contributed by atoms with Crippen LogP contribution in [0.25, 0.3) is 16.9 Å². The molecule has 2 fully saturated rings. The molecule has 12 heteroatoms. The molecular formula is C27H35F4N7O. The summed E-state index contributed by atoms with van der Waals surface area (Å²) < 4.78 is 60.9. The predicted octanol–water partition coefficient (Wildman–Crippen LogP) is 4.80. The van der Waals surface area contributed by atoms with Crippen LogP contribution in [0.15, 0.2) is 30.3 Å². The highest BCUT2D eigenvalue weighted by molar-refractivity contribution is 5.78. The molecule has 1 N–H and O–H groups in total. The summed E-state index contributed by atoms with van der Waals surface area (Å²) in [6, 6.07) is 8.95. The molecule has 1 aliphatic carbocycles. The van der Waals surface area contributed by atoms with Gasteiger partial charge in [0.1, 0.15) is 25.0 Å². The first kappa shape index (κ1) is 27.6. The van der Waals surface area contributed by atoms with Gasteiger partial charge in [-0.2, -0.15) is 9.97 Å². The topological polar surface area (TPSA) is 71.3 Å². The summed E-state index contributed by atoms with van der Waals surface area (Å²) in [5, 5.41) is 3.35. The number of hydrogen-bond acceptors (Lipinski definition) is 7. The van der Waals surface area contributed by atoms with E-state index >= 15 is 0 Å². The van der Waals surface area contributed by atoms with Gasteiger partial charge in [0.25, 0.3) is 6.43 Å². The Morgan fingerprint density at radius 2 is 1.64 bits per heavy atom. The van der Waals surface area contributed by atoms with Gasteiger partial charge in [0, 0.05) is 44.8 Å². The number of aromatic nitrogens is 4. The van der Waals surface area contributed by atoms with Crippen molar-refractivity contribution in [1.82, 2.24) is 24.4 Å². The Hall–Kier alpha value is -2.99. The van der Waals surface area contributed by atoms with Crippen LogP contribution in [-0.2, 0) is 4.74 Å². The number of imidazole rings is 1. The minimum Gasteiger partial charge on any atom is -0.378 e. The summed E-state index contributed by atoms with van der Waals surface area (Å²) in [5.41, 5.74) is 1.02. The van der Waals surface area contributed by atoms with Crippen LogP contribution in [0.1, 0.15) is 37.9 Å². The number of hydrogen-bond donors (Lipinski definition) is 1. The fraction of sp³-hybridized carbons (Fsp3) is 0.593. The minimum atomic E-state index is -2.78. The van der Waals surface area contributed by atoms with E-state index in [0.717, 1.165) is 25.7 Å². The molecule has 2 aromatic heterocycles. The normalized spacial score (nSPS) is 20.3. The zero-order valence-corrected chi connectivity index (χ0v) is 21.9. The lowest BCUT2D eigenvalue weighted by Crippen LogP contribution is -2.41.